The summed E-state index contributed by atoms with van der Waals surface area (Å²) in [6.07, 6.45) is 0. The van der Waals surface area contributed by atoms with E-state index in [1.165, 1.54) is 11.1 Å². The monoisotopic (exact) mass is 360 g/mol. The zero-order chi connectivity index (χ0) is 19.6. The van der Waals surface area contributed by atoms with Gasteiger partial charge in [0.05, 0.1) is 14.2 Å². The van der Waals surface area contributed by atoms with Crippen LogP contribution in [0.25, 0.3) is 22.4 Å². The van der Waals surface area contributed by atoms with Crippen LogP contribution in [0.3, 0.4) is 0 Å². The molecule has 0 atom stereocenters. The van der Waals surface area contributed by atoms with Gasteiger partial charge >= 0.3 is 0 Å². The number of H-pyrrole nitrogens is 1. The van der Waals surface area contributed by atoms with E-state index < -0.39 is 0 Å². The quantitative estimate of drug-likeness (QED) is 0.764. The van der Waals surface area contributed by atoms with E-state index in [0.29, 0.717) is 22.9 Å². The molecule has 1 heterocycles. The number of nitriles is 1. The largest absolute Gasteiger partial charge is 0.493 e. The maximum Gasteiger partial charge on any atom is 0.289 e. The summed E-state index contributed by atoms with van der Waals surface area (Å²) in [5.41, 5.74) is 12.4. The van der Waals surface area contributed by atoms with Gasteiger partial charge in [-0.1, -0.05) is 18.2 Å². The molecule has 0 saturated carbocycles. The third kappa shape index (κ3) is 3.42. The van der Waals surface area contributed by atoms with E-state index in [-0.39, 0.29) is 0 Å². The van der Waals surface area contributed by atoms with Gasteiger partial charge in [-0.25, -0.2) is 4.98 Å². The van der Waals surface area contributed by atoms with E-state index in [4.69, 9.17) is 15.2 Å². The maximum atomic E-state index is 9.62. The fraction of sp³-hybridized carbons (Fsp3) is 0.182. The number of pyridine rings is 1. The number of hydrogen-bond donors (Lipinski definition) is 1. The lowest BCUT2D eigenvalue weighted by molar-refractivity contribution is -0.346. The zero-order valence-electron chi connectivity index (χ0n) is 15.9. The number of nitrogen functional groups attached to an aromatic ring is 1. The van der Waals surface area contributed by atoms with Crippen molar-refractivity contribution in [3.05, 3.63) is 59.2 Å². The number of rotatable bonds is 4. The van der Waals surface area contributed by atoms with E-state index in [1.807, 2.05) is 30.3 Å². The summed E-state index contributed by atoms with van der Waals surface area (Å²) in [5, 5.41) is 9.62. The highest BCUT2D eigenvalue weighted by atomic mass is 16.5. The summed E-state index contributed by atoms with van der Waals surface area (Å²) < 4.78 is 10.7. The van der Waals surface area contributed by atoms with Gasteiger partial charge in [-0.15, -0.1) is 0 Å². The van der Waals surface area contributed by atoms with E-state index in [0.717, 1.165) is 22.4 Å². The van der Waals surface area contributed by atoms with Crippen LogP contribution in [0.1, 0.15) is 16.7 Å². The number of aromatic amines is 1. The number of nitrogens with one attached hydrogen (secondary N) is 1. The van der Waals surface area contributed by atoms with Crippen LogP contribution in [0, 0.1) is 25.2 Å². The van der Waals surface area contributed by atoms with Crippen molar-refractivity contribution in [3.8, 4) is 40.0 Å². The Balaban J connectivity index is 2.22. The van der Waals surface area contributed by atoms with Gasteiger partial charge < -0.3 is 9.47 Å². The lowest BCUT2D eigenvalue weighted by atomic mass is 9.97. The number of nitrogens with two attached hydrogens (primary N) is 1. The minimum atomic E-state index is 0.331. The molecule has 5 nitrogen and oxygen atoms in total. The molecule has 0 fully saturated rings. The molecule has 0 saturated heterocycles. The summed E-state index contributed by atoms with van der Waals surface area (Å²) in [6.45, 7) is 4.14. The molecule has 3 N–H and O–H groups in total. The number of aryl methyl sites for hydroxylation is 2. The van der Waals surface area contributed by atoms with E-state index in [1.54, 1.807) is 14.2 Å². The van der Waals surface area contributed by atoms with Gasteiger partial charge in [-0.2, -0.15) is 5.26 Å². The first kappa shape index (κ1) is 18.3. The van der Waals surface area contributed by atoms with Crippen molar-refractivity contribution in [2.45, 2.75) is 13.8 Å². The Labute approximate surface area is 159 Å². The summed E-state index contributed by atoms with van der Waals surface area (Å²) >= 11 is 0. The highest BCUT2D eigenvalue weighted by Crippen LogP contribution is 2.35. The van der Waals surface area contributed by atoms with Crippen molar-refractivity contribution in [1.82, 2.24) is 0 Å². The predicted molar refractivity (Wildman–Crippen MR) is 106 cm³/mol. The van der Waals surface area contributed by atoms with Gasteiger partial charge in [0.15, 0.2) is 11.5 Å². The van der Waals surface area contributed by atoms with Gasteiger partial charge in [0, 0.05) is 11.1 Å². The molecule has 27 heavy (non-hydrogen) atoms. The fourth-order valence-corrected chi connectivity index (χ4v) is 3.02. The summed E-state index contributed by atoms with van der Waals surface area (Å²) in [6, 6.07) is 15.9. The molecule has 3 rings (SSSR count). The molecule has 1 aromatic heterocycles. The van der Waals surface area contributed by atoms with Gasteiger partial charge in [0.2, 0.25) is 0 Å². The minimum Gasteiger partial charge on any atom is -0.493 e. The Morgan fingerprint density at radius 3 is 2.22 bits per heavy atom. The lowest BCUT2D eigenvalue weighted by Gasteiger charge is -2.12. The molecule has 0 spiro atoms. The normalized spacial score (nSPS) is 10.3. The topological polar surface area (TPSA) is 82.4 Å². The SMILES string of the molecule is COc1ccc(-c2cc(-c3ccc(C)c(C)c3)[nH+]c(N)c2C#N)cc1OC. The van der Waals surface area contributed by atoms with Crippen LogP contribution in [0.15, 0.2) is 42.5 Å². The second-order valence-electron chi connectivity index (χ2n) is 6.37. The zero-order valence-corrected chi connectivity index (χ0v) is 15.9. The summed E-state index contributed by atoms with van der Waals surface area (Å²) in [5.74, 6) is 1.56. The van der Waals surface area contributed by atoms with E-state index in [9.17, 15) is 5.26 Å². The number of methoxy groups -OCH3 is 2. The van der Waals surface area contributed by atoms with Crippen molar-refractivity contribution >= 4 is 5.82 Å². The van der Waals surface area contributed by atoms with Crippen molar-refractivity contribution in [2.24, 2.45) is 0 Å². The molecule has 0 amide bonds. The van der Waals surface area contributed by atoms with Gasteiger partial charge in [-0.3, -0.25) is 5.73 Å². The van der Waals surface area contributed by atoms with Crippen LogP contribution in [-0.4, -0.2) is 14.2 Å². The van der Waals surface area contributed by atoms with Gasteiger partial charge in [0.25, 0.3) is 5.82 Å². The second kappa shape index (κ2) is 7.38. The average molecular weight is 360 g/mol. The van der Waals surface area contributed by atoms with Crippen LogP contribution in [0.5, 0.6) is 11.5 Å². The van der Waals surface area contributed by atoms with Gasteiger partial charge in [0.1, 0.15) is 17.3 Å². The first-order chi connectivity index (χ1) is 13.0. The maximum absolute atomic E-state index is 9.62. The minimum absolute atomic E-state index is 0.331. The molecule has 2 aromatic carbocycles. The Morgan fingerprint density at radius 2 is 1.59 bits per heavy atom. The van der Waals surface area contributed by atoms with E-state index in [2.05, 4.69) is 37.0 Å². The molecule has 0 aliphatic carbocycles. The molecule has 5 heteroatoms. The molecule has 0 radical (unpaired) electrons. The van der Waals surface area contributed by atoms with Gasteiger partial charge in [-0.05, 0) is 54.8 Å². The van der Waals surface area contributed by atoms with Crippen LogP contribution < -0.4 is 20.2 Å². The van der Waals surface area contributed by atoms with Crippen LogP contribution in [0.2, 0.25) is 0 Å². The first-order valence-electron chi connectivity index (χ1n) is 8.54. The Morgan fingerprint density at radius 1 is 0.889 bits per heavy atom. The second-order valence-corrected chi connectivity index (χ2v) is 6.37. The molecule has 3 aromatic rings. The number of ether oxygens (including phenoxy) is 2. The van der Waals surface area contributed by atoms with Crippen LogP contribution in [-0.2, 0) is 0 Å². The Hall–Kier alpha value is -3.52. The lowest BCUT2D eigenvalue weighted by Crippen LogP contribution is -2.16. The molecule has 0 bridgehead atoms. The van der Waals surface area contributed by atoms with Crippen molar-refractivity contribution in [3.63, 3.8) is 0 Å². The molecule has 0 aliphatic rings. The third-order valence-electron chi connectivity index (χ3n) is 4.72. The molecule has 0 aliphatic heterocycles. The third-order valence-corrected chi connectivity index (χ3v) is 4.72. The first-order valence-corrected chi connectivity index (χ1v) is 8.54. The average Bonchev–Trinajstić information content (AvgIpc) is 2.68. The number of hydrogen-bond acceptors (Lipinski definition) is 4. The Bertz CT molecular complexity index is 1050. The number of nitrogens with zero attached hydrogens (tertiary/aromatic N) is 1. The van der Waals surface area contributed by atoms with Crippen LogP contribution in [0.4, 0.5) is 5.82 Å². The van der Waals surface area contributed by atoms with Crippen molar-refractivity contribution < 1.29 is 14.5 Å². The standard InChI is InChI=1S/C22H21N3O2/c1-13-5-6-16(9-14(13)2)19-11-17(18(12-23)22(24)25-19)15-7-8-20(26-3)21(10-15)27-4/h5-11H,1-4H3,(H2,24,25)/p+1. The van der Waals surface area contributed by atoms with Crippen molar-refractivity contribution in [1.29, 1.82) is 5.26 Å². The van der Waals surface area contributed by atoms with Crippen molar-refractivity contribution in [2.75, 3.05) is 20.0 Å². The summed E-state index contributed by atoms with van der Waals surface area (Å²) in [4.78, 5) is 3.15. The number of benzene rings is 2. The fourth-order valence-electron chi connectivity index (χ4n) is 3.02. The van der Waals surface area contributed by atoms with Crippen LogP contribution >= 0.6 is 0 Å². The highest BCUT2D eigenvalue weighted by molar-refractivity contribution is 5.79. The molecule has 0 unspecified atom stereocenters. The molecule has 136 valence electrons. The summed E-state index contributed by atoms with van der Waals surface area (Å²) in [7, 11) is 3.17. The smallest absolute Gasteiger partial charge is 0.289 e. The molecular formula is C22H22N3O2+. The predicted octanol–water partition coefficient (Wildman–Crippen LogP) is 3.92. The highest BCUT2D eigenvalue weighted by Gasteiger charge is 2.18. The number of anilines is 1. The van der Waals surface area contributed by atoms with E-state index >= 15 is 0 Å². The Kier molecular flexibility index (Phi) is 5.00. The number of aromatic nitrogens is 1. The molecular weight excluding hydrogens is 338 g/mol.